The third-order valence-electron chi connectivity index (χ3n) is 0.751. The van der Waals surface area contributed by atoms with Crippen LogP contribution >= 0.6 is 24.8 Å². The SMILES string of the molecule is CCC(=O)COC(=S)S. The summed E-state index contributed by atoms with van der Waals surface area (Å²) in [7, 11) is 0. The van der Waals surface area contributed by atoms with Gasteiger partial charge < -0.3 is 4.74 Å². The molecule has 0 bridgehead atoms. The maximum Gasteiger partial charge on any atom is 0.217 e. The minimum Gasteiger partial charge on any atom is -0.471 e. The summed E-state index contributed by atoms with van der Waals surface area (Å²) in [6, 6.07) is 0. The molecule has 0 aliphatic heterocycles. The summed E-state index contributed by atoms with van der Waals surface area (Å²) in [6.07, 6.45) is 0.483. The van der Waals surface area contributed by atoms with Crippen molar-refractivity contribution in [3.8, 4) is 0 Å². The Morgan fingerprint density at radius 2 is 2.33 bits per heavy atom. The van der Waals surface area contributed by atoms with Crippen LogP contribution < -0.4 is 0 Å². The van der Waals surface area contributed by atoms with E-state index < -0.39 is 0 Å². The molecular weight excluding hydrogens is 156 g/mol. The fraction of sp³-hybridized carbons (Fsp3) is 0.600. The third kappa shape index (κ3) is 5.79. The maximum atomic E-state index is 10.5. The molecule has 2 nitrogen and oxygen atoms in total. The highest BCUT2D eigenvalue weighted by Gasteiger charge is 1.97. The summed E-state index contributed by atoms with van der Waals surface area (Å²) >= 11 is 8.12. The number of hydrogen-bond acceptors (Lipinski definition) is 3. The number of carbonyl (C=O) groups is 1. The molecule has 0 aromatic carbocycles. The van der Waals surface area contributed by atoms with Crippen molar-refractivity contribution in [3.05, 3.63) is 0 Å². The molecule has 4 heteroatoms. The van der Waals surface area contributed by atoms with Gasteiger partial charge in [-0.2, -0.15) is 0 Å². The lowest BCUT2D eigenvalue weighted by atomic mass is 10.3. The molecule has 9 heavy (non-hydrogen) atoms. The van der Waals surface area contributed by atoms with Crippen molar-refractivity contribution < 1.29 is 9.53 Å². The summed E-state index contributed by atoms with van der Waals surface area (Å²) in [4.78, 5) is 10.5. The van der Waals surface area contributed by atoms with Gasteiger partial charge in [0.1, 0.15) is 6.61 Å². The molecule has 0 radical (unpaired) electrons. The third-order valence-corrected chi connectivity index (χ3v) is 0.998. The van der Waals surface area contributed by atoms with Crippen molar-refractivity contribution in [2.24, 2.45) is 0 Å². The normalized spacial score (nSPS) is 8.67. The summed E-state index contributed by atoms with van der Waals surface area (Å²) in [6.45, 7) is 1.83. The predicted molar refractivity (Wildman–Crippen MR) is 42.8 cm³/mol. The molecule has 0 unspecified atom stereocenters. The van der Waals surface area contributed by atoms with Gasteiger partial charge in [0, 0.05) is 6.42 Å². The first-order valence-electron chi connectivity index (χ1n) is 2.54. The molecule has 0 aliphatic carbocycles. The molecule has 0 aliphatic rings. The highest BCUT2D eigenvalue weighted by molar-refractivity contribution is 8.10. The van der Waals surface area contributed by atoms with Gasteiger partial charge in [0.25, 0.3) is 0 Å². The molecular formula is C5H8O2S2. The lowest BCUT2D eigenvalue weighted by molar-refractivity contribution is -0.120. The lowest BCUT2D eigenvalue weighted by Gasteiger charge is -1.97. The van der Waals surface area contributed by atoms with E-state index in [2.05, 4.69) is 29.6 Å². The fourth-order valence-corrected chi connectivity index (χ4v) is 0.368. The van der Waals surface area contributed by atoms with Crippen LogP contribution in [0.3, 0.4) is 0 Å². The van der Waals surface area contributed by atoms with E-state index in [0.29, 0.717) is 6.42 Å². The number of thiol groups is 1. The minimum atomic E-state index is 0.0337. The van der Waals surface area contributed by atoms with Crippen LogP contribution in [0, 0.1) is 0 Å². The van der Waals surface area contributed by atoms with E-state index in [1.54, 1.807) is 6.92 Å². The Bertz CT molecular complexity index is 122. The van der Waals surface area contributed by atoms with Gasteiger partial charge in [-0.3, -0.25) is 4.79 Å². The standard InChI is InChI=1S/C5H8O2S2/c1-2-4(6)3-7-5(8)9/h2-3H2,1H3,(H,8,9). The Balaban J connectivity index is 3.28. The molecule has 0 spiro atoms. The number of ether oxygens (including phenoxy) is 1. The van der Waals surface area contributed by atoms with Crippen molar-refractivity contribution in [1.29, 1.82) is 0 Å². The number of ketones is 1. The maximum absolute atomic E-state index is 10.5. The fourth-order valence-electron chi connectivity index (χ4n) is 0.244. The van der Waals surface area contributed by atoms with E-state index in [1.165, 1.54) is 0 Å². The molecule has 0 atom stereocenters. The second-order valence-electron chi connectivity index (χ2n) is 1.45. The Kier molecular flexibility index (Phi) is 4.71. The first kappa shape index (κ1) is 8.91. The van der Waals surface area contributed by atoms with Crippen LogP contribution in [0.1, 0.15) is 13.3 Å². The quantitative estimate of drug-likeness (QED) is 0.501. The molecule has 0 rings (SSSR count). The Morgan fingerprint density at radius 1 is 1.78 bits per heavy atom. The van der Waals surface area contributed by atoms with E-state index >= 15 is 0 Å². The van der Waals surface area contributed by atoms with Crippen LogP contribution in [-0.2, 0) is 9.53 Å². The van der Waals surface area contributed by atoms with Crippen LogP contribution in [0.4, 0.5) is 0 Å². The molecule has 0 N–H and O–H groups in total. The number of rotatable bonds is 3. The minimum absolute atomic E-state index is 0.0337. The summed E-state index contributed by atoms with van der Waals surface area (Å²) in [5.41, 5.74) is 0. The van der Waals surface area contributed by atoms with Gasteiger partial charge in [-0.25, -0.2) is 0 Å². The number of hydrogen-bond donors (Lipinski definition) is 1. The molecule has 0 fully saturated rings. The van der Waals surface area contributed by atoms with E-state index in [0.717, 1.165) is 0 Å². The lowest BCUT2D eigenvalue weighted by Crippen LogP contribution is -2.07. The largest absolute Gasteiger partial charge is 0.471 e. The van der Waals surface area contributed by atoms with Crippen LogP contribution in [0.2, 0.25) is 0 Å². The Hall–Kier alpha value is -0.0900. The van der Waals surface area contributed by atoms with Crippen molar-refractivity contribution in [3.63, 3.8) is 0 Å². The first-order chi connectivity index (χ1) is 4.16. The van der Waals surface area contributed by atoms with Crippen LogP contribution in [0.25, 0.3) is 0 Å². The van der Waals surface area contributed by atoms with E-state index in [-0.39, 0.29) is 16.8 Å². The number of Topliss-reactive ketones (excluding diaryl/α,β-unsaturated/α-hetero) is 1. The van der Waals surface area contributed by atoms with Crippen LogP contribution in [0.5, 0.6) is 0 Å². The molecule has 0 heterocycles. The van der Waals surface area contributed by atoms with Gasteiger partial charge in [-0.05, 0) is 12.2 Å². The van der Waals surface area contributed by atoms with Gasteiger partial charge in [0.2, 0.25) is 4.38 Å². The first-order valence-corrected chi connectivity index (χ1v) is 3.39. The monoisotopic (exact) mass is 164 g/mol. The van der Waals surface area contributed by atoms with Gasteiger partial charge in [-0.15, -0.1) is 0 Å². The van der Waals surface area contributed by atoms with Crippen molar-refractivity contribution >= 4 is 35.0 Å². The topological polar surface area (TPSA) is 26.3 Å². The average Bonchev–Trinajstić information content (AvgIpc) is 1.83. The van der Waals surface area contributed by atoms with Gasteiger partial charge in [-0.1, -0.05) is 19.6 Å². The zero-order valence-corrected chi connectivity index (χ0v) is 6.80. The summed E-state index contributed by atoms with van der Waals surface area (Å²) in [5.74, 6) is 0.0337. The number of thiocarbonyl (C=S) groups is 1. The van der Waals surface area contributed by atoms with E-state index in [1.807, 2.05) is 0 Å². The second kappa shape index (κ2) is 4.76. The van der Waals surface area contributed by atoms with E-state index in [9.17, 15) is 4.79 Å². The zero-order valence-electron chi connectivity index (χ0n) is 5.09. The van der Waals surface area contributed by atoms with Gasteiger partial charge >= 0.3 is 0 Å². The Morgan fingerprint density at radius 3 is 2.67 bits per heavy atom. The van der Waals surface area contributed by atoms with Crippen molar-refractivity contribution in [2.75, 3.05) is 6.61 Å². The Labute approximate surface area is 65.0 Å². The van der Waals surface area contributed by atoms with E-state index in [4.69, 9.17) is 0 Å². The number of carbonyl (C=O) groups excluding carboxylic acids is 1. The smallest absolute Gasteiger partial charge is 0.217 e. The molecule has 0 aromatic rings. The summed E-state index contributed by atoms with van der Waals surface area (Å²) < 4.78 is 4.76. The average molecular weight is 164 g/mol. The summed E-state index contributed by atoms with van der Waals surface area (Å²) in [5, 5.41) is 0. The molecule has 0 saturated carbocycles. The van der Waals surface area contributed by atoms with Crippen LogP contribution in [-0.4, -0.2) is 16.8 Å². The highest BCUT2D eigenvalue weighted by Crippen LogP contribution is 1.88. The molecule has 0 saturated heterocycles. The molecule has 0 amide bonds. The zero-order chi connectivity index (χ0) is 7.28. The van der Waals surface area contributed by atoms with Crippen molar-refractivity contribution in [1.82, 2.24) is 0 Å². The molecule has 0 aromatic heterocycles. The second-order valence-corrected chi connectivity index (χ2v) is 2.53. The van der Waals surface area contributed by atoms with Gasteiger partial charge in [0.05, 0.1) is 0 Å². The molecule has 52 valence electrons. The van der Waals surface area contributed by atoms with Crippen molar-refractivity contribution in [2.45, 2.75) is 13.3 Å². The van der Waals surface area contributed by atoms with Gasteiger partial charge in [0.15, 0.2) is 5.78 Å². The highest BCUT2D eigenvalue weighted by atomic mass is 32.1. The van der Waals surface area contributed by atoms with Crippen LogP contribution in [0.15, 0.2) is 0 Å². The predicted octanol–water partition coefficient (Wildman–Crippen LogP) is 1.20.